The molecule has 29 heavy (non-hydrogen) atoms. The minimum Gasteiger partial charge on any atom is -0.491 e. The van der Waals surface area contributed by atoms with Crippen LogP contribution in [0.2, 0.25) is 0 Å². The third-order valence-corrected chi connectivity index (χ3v) is 5.54. The number of benzene rings is 1. The first-order chi connectivity index (χ1) is 14.1. The minimum absolute atomic E-state index is 0.126. The first-order valence-electron chi connectivity index (χ1n) is 8.98. The second kappa shape index (κ2) is 8.50. The summed E-state index contributed by atoms with van der Waals surface area (Å²) in [5.74, 6) is 0.533. The zero-order chi connectivity index (χ0) is 20.2. The van der Waals surface area contributed by atoms with E-state index in [0.29, 0.717) is 10.8 Å². The number of carbonyl (C=O) groups is 1. The van der Waals surface area contributed by atoms with Gasteiger partial charge in [0.1, 0.15) is 16.5 Å². The van der Waals surface area contributed by atoms with E-state index in [1.54, 1.807) is 17.8 Å². The summed E-state index contributed by atoms with van der Waals surface area (Å²) >= 11 is 2.79. The van der Waals surface area contributed by atoms with Crippen molar-refractivity contribution in [2.75, 3.05) is 5.32 Å². The third kappa shape index (κ3) is 4.67. The largest absolute Gasteiger partial charge is 0.491 e. The maximum Gasteiger partial charge on any atom is 0.276 e. The molecule has 1 amide bonds. The lowest BCUT2D eigenvalue weighted by molar-refractivity contribution is 0.102. The summed E-state index contributed by atoms with van der Waals surface area (Å²) in [6.45, 7) is 3.98. The maximum absolute atomic E-state index is 12.5. The maximum atomic E-state index is 12.5. The molecular weight excluding hydrogens is 404 g/mol. The molecule has 3 heterocycles. The fraction of sp³-hybridized carbons (Fsp3) is 0.143. The topological polar surface area (TPSA) is 77.0 Å². The van der Waals surface area contributed by atoms with E-state index in [1.807, 2.05) is 55.6 Å². The number of hydrogen-bond acceptors (Lipinski definition) is 7. The Morgan fingerprint density at radius 2 is 1.86 bits per heavy atom. The molecule has 0 aliphatic carbocycles. The molecule has 4 aromatic rings. The van der Waals surface area contributed by atoms with Gasteiger partial charge in [-0.05, 0) is 50.2 Å². The molecule has 146 valence electrons. The average Bonchev–Trinajstić information content (AvgIpc) is 3.39. The fourth-order valence-corrected chi connectivity index (χ4v) is 4.12. The van der Waals surface area contributed by atoms with E-state index >= 15 is 0 Å². The number of thiazole rings is 2. The molecular formula is C21H18N4O2S2. The predicted molar refractivity (Wildman–Crippen MR) is 117 cm³/mol. The van der Waals surface area contributed by atoms with Crippen LogP contribution in [-0.4, -0.2) is 27.0 Å². The van der Waals surface area contributed by atoms with Gasteiger partial charge in [-0.2, -0.15) is 0 Å². The number of nitrogens with one attached hydrogen (secondary N) is 1. The average molecular weight is 423 g/mol. The Hall–Kier alpha value is -3.10. The Labute approximate surface area is 176 Å². The summed E-state index contributed by atoms with van der Waals surface area (Å²) in [5, 5.41) is 7.76. The van der Waals surface area contributed by atoms with Crippen molar-refractivity contribution in [1.82, 2.24) is 15.0 Å². The van der Waals surface area contributed by atoms with E-state index in [0.717, 1.165) is 27.6 Å². The van der Waals surface area contributed by atoms with E-state index in [9.17, 15) is 4.79 Å². The van der Waals surface area contributed by atoms with Crippen molar-refractivity contribution in [1.29, 1.82) is 0 Å². The van der Waals surface area contributed by atoms with Gasteiger partial charge in [0.05, 0.1) is 11.8 Å². The Morgan fingerprint density at radius 3 is 2.59 bits per heavy atom. The number of rotatable bonds is 6. The van der Waals surface area contributed by atoms with Crippen LogP contribution < -0.4 is 10.1 Å². The third-order valence-electron chi connectivity index (χ3n) is 3.89. The molecule has 0 saturated carbocycles. The molecule has 0 aliphatic heterocycles. The number of nitrogens with zero attached hydrogens (tertiary/aromatic N) is 3. The van der Waals surface area contributed by atoms with Crippen molar-refractivity contribution in [3.8, 4) is 27.6 Å². The highest BCUT2D eigenvalue weighted by atomic mass is 32.1. The smallest absolute Gasteiger partial charge is 0.276 e. The first kappa shape index (κ1) is 19.2. The summed E-state index contributed by atoms with van der Waals surface area (Å²) < 4.78 is 5.66. The monoisotopic (exact) mass is 422 g/mol. The quantitative estimate of drug-likeness (QED) is 0.452. The Balaban J connectivity index is 1.44. The van der Waals surface area contributed by atoms with Crippen molar-refractivity contribution >= 4 is 33.7 Å². The van der Waals surface area contributed by atoms with Gasteiger partial charge in [0.15, 0.2) is 5.13 Å². The SMILES string of the molecule is CC(C)Oc1ccc(-c2nc(C(=O)Nc3nc(-c4cccnc4)cs3)cs2)cc1. The summed E-state index contributed by atoms with van der Waals surface area (Å²) in [5.41, 5.74) is 3.00. The second-order valence-corrected chi connectivity index (χ2v) is 8.18. The lowest BCUT2D eigenvalue weighted by atomic mass is 10.2. The van der Waals surface area contributed by atoms with Gasteiger partial charge < -0.3 is 4.74 Å². The van der Waals surface area contributed by atoms with Gasteiger partial charge in [0, 0.05) is 34.3 Å². The fourth-order valence-electron chi connectivity index (χ4n) is 2.60. The summed E-state index contributed by atoms with van der Waals surface area (Å²) in [6.07, 6.45) is 3.58. The molecule has 8 heteroatoms. The van der Waals surface area contributed by atoms with Gasteiger partial charge in [-0.3, -0.25) is 15.1 Å². The molecule has 0 atom stereocenters. The highest BCUT2D eigenvalue weighted by Gasteiger charge is 2.14. The number of amides is 1. The number of carbonyl (C=O) groups excluding carboxylic acids is 1. The summed E-state index contributed by atoms with van der Waals surface area (Å²) in [6, 6.07) is 11.5. The number of pyridine rings is 1. The van der Waals surface area contributed by atoms with E-state index < -0.39 is 0 Å². The van der Waals surface area contributed by atoms with Crippen LogP contribution in [0.25, 0.3) is 21.8 Å². The van der Waals surface area contributed by atoms with Crippen molar-refractivity contribution < 1.29 is 9.53 Å². The highest BCUT2D eigenvalue weighted by Crippen LogP contribution is 2.28. The van der Waals surface area contributed by atoms with E-state index in [4.69, 9.17) is 4.74 Å². The molecule has 6 nitrogen and oxygen atoms in total. The van der Waals surface area contributed by atoms with E-state index in [2.05, 4.69) is 20.3 Å². The van der Waals surface area contributed by atoms with Gasteiger partial charge >= 0.3 is 0 Å². The van der Waals surface area contributed by atoms with Gasteiger partial charge in [0.25, 0.3) is 5.91 Å². The van der Waals surface area contributed by atoms with Gasteiger partial charge in [-0.25, -0.2) is 9.97 Å². The molecule has 1 aromatic carbocycles. The Kier molecular flexibility index (Phi) is 5.64. The molecule has 0 aliphatic rings. The van der Waals surface area contributed by atoms with Crippen LogP contribution in [0.1, 0.15) is 24.3 Å². The highest BCUT2D eigenvalue weighted by molar-refractivity contribution is 7.14. The predicted octanol–water partition coefficient (Wildman–Crippen LogP) is 5.37. The van der Waals surface area contributed by atoms with Crippen LogP contribution in [0.5, 0.6) is 5.75 Å². The van der Waals surface area contributed by atoms with Crippen LogP contribution >= 0.6 is 22.7 Å². The van der Waals surface area contributed by atoms with Crippen molar-refractivity contribution in [3.63, 3.8) is 0 Å². The second-order valence-electron chi connectivity index (χ2n) is 6.46. The van der Waals surface area contributed by atoms with Crippen molar-refractivity contribution in [2.45, 2.75) is 20.0 Å². The van der Waals surface area contributed by atoms with Crippen LogP contribution in [0.15, 0.2) is 59.6 Å². The number of aromatic nitrogens is 3. The first-order valence-corrected chi connectivity index (χ1v) is 10.7. The summed E-state index contributed by atoms with van der Waals surface area (Å²) in [4.78, 5) is 25.6. The molecule has 0 fully saturated rings. The van der Waals surface area contributed by atoms with Crippen molar-refractivity contribution in [2.24, 2.45) is 0 Å². The lowest BCUT2D eigenvalue weighted by Crippen LogP contribution is -2.12. The number of hydrogen-bond donors (Lipinski definition) is 1. The zero-order valence-corrected chi connectivity index (χ0v) is 17.5. The molecule has 0 bridgehead atoms. The molecule has 3 aromatic heterocycles. The van der Waals surface area contributed by atoms with E-state index in [-0.39, 0.29) is 12.0 Å². The molecule has 0 saturated heterocycles. The van der Waals surface area contributed by atoms with Crippen LogP contribution in [0, 0.1) is 0 Å². The van der Waals surface area contributed by atoms with Crippen LogP contribution in [0.3, 0.4) is 0 Å². The molecule has 1 N–H and O–H groups in total. The normalized spacial score (nSPS) is 10.9. The number of ether oxygens (including phenoxy) is 1. The Bertz CT molecular complexity index is 1110. The van der Waals surface area contributed by atoms with E-state index in [1.165, 1.54) is 22.7 Å². The molecule has 4 rings (SSSR count). The lowest BCUT2D eigenvalue weighted by Gasteiger charge is -2.09. The molecule has 0 radical (unpaired) electrons. The standard InChI is InChI=1S/C21H18N4O2S2/c1-13(2)27-16-7-5-14(6-8-16)20-23-18(12-28-20)19(26)25-21-24-17(11-29-21)15-4-3-9-22-10-15/h3-13H,1-2H3,(H,24,25,26). The zero-order valence-electron chi connectivity index (χ0n) is 15.8. The number of anilines is 1. The van der Waals surface area contributed by atoms with Gasteiger partial charge in [-0.15, -0.1) is 22.7 Å². The van der Waals surface area contributed by atoms with Crippen LogP contribution in [-0.2, 0) is 0 Å². The van der Waals surface area contributed by atoms with Gasteiger partial charge in [-0.1, -0.05) is 0 Å². The summed E-state index contributed by atoms with van der Waals surface area (Å²) in [7, 11) is 0. The molecule has 0 spiro atoms. The molecule has 0 unspecified atom stereocenters. The van der Waals surface area contributed by atoms with Gasteiger partial charge in [0.2, 0.25) is 0 Å². The Morgan fingerprint density at radius 1 is 1.03 bits per heavy atom. The van der Waals surface area contributed by atoms with Crippen LogP contribution in [0.4, 0.5) is 5.13 Å². The van der Waals surface area contributed by atoms with Crippen molar-refractivity contribution in [3.05, 3.63) is 65.2 Å². The minimum atomic E-state index is -0.278.